The Morgan fingerprint density at radius 2 is 2.35 bits per heavy atom. The number of nitrogens with one attached hydrogen (secondary N) is 1. The average molecular weight is 227 g/mol. The molecular formula is C14H17N3. The fourth-order valence-corrected chi connectivity index (χ4v) is 2.53. The van der Waals surface area contributed by atoms with Crippen molar-refractivity contribution < 1.29 is 0 Å². The zero-order valence-corrected chi connectivity index (χ0v) is 10.1. The Labute approximate surface area is 101 Å². The Balaban J connectivity index is 2.09. The van der Waals surface area contributed by atoms with Crippen LogP contribution < -0.4 is 5.32 Å². The second kappa shape index (κ2) is 4.24. The Morgan fingerprint density at radius 3 is 3.24 bits per heavy atom. The van der Waals surface area contributed by atoms with Crippen molar-refractivity contribution in [2.75, 3.05) is 11.9 Å². The smallest absolute Gasteiger partial charge is 0.140 e. The molecule has 1 N–H and O–H groups in total. The van der Waals surface area contributed by atoms with Crippen molar-refractivity contribution in [3.8, 4) is 11.4 Å². The number of aryl methyl sites for hydroxylation is 1. The van der Waals surface area contributed by atoms with Gasteiger partial charge in [-0.05, 0) is 24.5 Å². The van der Waals surface area contributed by atoms with E-state index in [9.17, 15) is 0 Å². The summed E-state index contributed by atoms with van der Waals surface area (Å²) in [5, 5.41) is 3.42. The van der Waals surface area contributed by atoms with Crippen LogP contribution in [0.25, 0.3) is 11.4 Å². The minimum absolute atomic E-state index is 1.03. The molecule has 1 aromatic heterocycles. The molecule has 2 heterocycles. The lowest BCUT2D eigenvalue weighted by atomic mass is 10.0. The molecule has 17 heavy (non-hydrogen) atoms. The molecule has 3 rings (SSSR count). The van der Waals surface area contributed by atoms with Crippen LogP contribution in [-0.2, 0) is 13.0 Å². The van der Waals surface area contributed by atoms with Gasteiger partial charge in [-0.3, -0.25) is 0 Å². The number of hydrogen-bond acceptors (Lipinski definition) is 2. The van der Waals surface area contributed by atoms with E-state index in [2.05, 4.69) is 46.2 Å². The molecule has 1 aliphatic heterocycles. The van der Waals surface area contributed by atoms with Crippen molar-refractivity contribution >= 4 is 5.69 Å². The highest BCUT2D eigenvalue weighted by Crippen LogP contribution is 2.31. The molecule has 0 saturated heterocycles. The maximum atomic E-state index is 4.52. The molecule has 3 heteroatoms. The molecule has 0 saturated carbocycles. The first-order valence-electron chi connectivity index (χ1n) is 6.27. The van der Waals surface area contributed by atoms with E-state index in [1.165, 1.54) is 16.8 Å². The summed E-state index contributed by atoms with van der Waals surface area (Å²) in [6.07, 6.45) is 6.20. The molecule has 0 bridgehead atoms. The Hall–Kier alpha value is -1.77. The molecule has 0 spiro atoms. The van der Waals surface area contributed by atoms with Crippen LogP contribution in [0.3, 0.4) is 0 Å². The van der Waals surface area contributed by atoms with Crippen LogP contribution in [0.4, 0.5) is 5.69 Å². The third kappa shape index (κ3) is 1.71. The molecule has 1 aromatic carbocycles. The van der Waals surface area contributed by atoms with Crippen molar-refractivity contribution in [2.24, 2.45) is 0 Å². The number of hydrogen-bond donors (Lipinski definition) is 1. The van der Waals surface area contributed by atoms with Crippen LogP contribution in [0.2, 0.25) is 0 Å². The molecule has 0 aliphatic carbocycles. The zero-order valence-electron chi connectivity index (χ0n) is 10.1. The van der Waals surface area contributed by atoms with Gasteiger partial charge in [0.1, 0.15) is 5.82 Å². The molecule has 2 aromatic rings. The normalized spacial score (nSPS) is 13.5. The maximum absolute atomic E-state index is 4.52. The van der Waals surface area contributed by atoms with E-state index in [0.717, 1.165) is 31.8 Å². The first-order chi connectivity index (χ1) is 8.40. The number of anilines is 1. The van der Waals surface area contributed by atoms with Crippen LogP contribution in [0.5, 0.6) is 0 Å². The van der Waals surface area contributed by atoms with Gasteiger partial charge in [0.2, 0.25) is 0 Å². The highest BCUT2D eigenvalue weighted by Gasteiger charge is 2.17. The molecule has 0 atom stereocenters. The van der Waals surface area contributed by atoms with Gasteiger partial charge in [0.05, 0.1) is 0 Å². The van der Waals surface area contributed by atoms with E-state index in [-0.39, 0.29) is 0 Å². The molecular weight excluding hydrogens is 210 g/mol. The topological polar surface area (TPSA) is 29.9 Å². The number of nitrogens with zero attached hydrogens (tertiary/aromatic N) is 2. The molecule has 88 valence electrons. The Bertz CT molecular complexity index is 528. The number of rotatable bonds is 3. The van der Waals surface area contributed by atoms with Crippen molar-refractivity contribution in [2.45, 2.75) is 26.3 Å². The summed E-state index contributed by atoms with van der Waals surface area (Å²) in [7, 11) is 0. The highest BCUT2D eigenvalue weighted by atomic mass is 15.1. The third-order valence-electron chi connectivity index (χ3n) is 3.29. The summed E-state index contributed by atoms with van der Waals surface area (Å²) in [5.74, 6) is 1.10. The first kappa shape index (κ1) is 10.4. The second-order valence-electron chi connectivity index (χ2n) is 4.45. The predicted octanol–water partition coefficient (Wildman–Crippen LogP) is 2.93. The van der Waals surface area contributed by atoms with Gasteiger partial charge in [0.15, 0.2) is 0 Å². The predicted molar refractivity (Wildman–Crippen MR) is 70.1 cm³/mol. The summed E-state index contributed by atoms with van der Waals surface area (Å²) in [5.41, 5.74) is 3.97. The minimum atomic E-state index is 1.03. The van der Waals surface area contributed by atoms with Gasteiger partial charge in [0.25, 0.3) is 0 Å². The van der Waals surface area contributed by atoms with Gasteiger partial charge >= 0.3 is 0 Å². The van der Waals surface area contributed by atoms with Gasteiger partial charge < -0.3 is 9.88 Å². The lowest BCUT2D eigenvalue weighted by Gasteiger charge is -2.10. The van der Waals surface area contributed by atoms with E-state index < -0.39 is 0 Å². The van der Waals surface area contributed by atoms with Crippen molar-refractivity contribution in [1.82, 2.24) is 9.55 Å². The van der Waals surface area contributed by atoms with Crippen LogP contribution >= 0.6 is 0 Å². The van der Waals surface area contributed by atoms with Gasteiger partial charge in [0, 0.05) is 36.7 Å². The molecule has 0 unspecified atom stereocenters. The molecule has 3 nitrogen and oxygen atoms in total. The summed E-state index contributed by atoms with van der Waals surface area (Å²) in [4.78, 5) is 4.52. The van der Waals surface area contributed by atoms with E-state index in [1.54, 1.807) is 0 Å². The maximum Gasteiger partial charge on any atom is 0.140 e. The largest absolute Gasteiger partial charge is 0.384 e. The molecule has 1 aliphatic rings. The number of aromatic nitrogens is 2. The molecule has 0 amide bonds. The summed E-state index contributed by atoms with van der Waals surface area (Å²) < 4.78 is 2.24. The molecule has 0 radical (unpaired) electrons. The lowest BCUT2D eigenvalue weighted by Crippen LogP contribution is -2.00. The summed E-state index contributed by atoms with van der Waals surface area (Å²) in [6, 6.07) is 6.44. The third-order valence-corrected chi connectivity index (χ3v) is 3.29. The molecule has 0 fully saturated rings. The van der Waals surface area contributed by atoms with Crippen molar-refractivity contribution in [1.29, 1.82) is 0 Å². The summed E-state index contributed by atoms with van der Waals surface area (Å²) >= 11 is 0. The van der Waals surface area contributed by atoms with E-state index in [1.807, 2.05) is 6.20 Å². The van der Waals surface area contributed by atoms with Crippen molar-refractivity contribution in [3.05, 3.63) is 36.2 Å². The van der Waals surface area contributed by atoms with E-state index in [4.69, 9.17) is 0 Å². The zero-order chi connectivity index (χ0) is 11.7. The number of benzene rings is 1. The van der Waals surface area contributed by atoms with Gasteiger partial charge in [-0.15, -0.1) is 0 Å². The number of imidazole rings is 1. The Kier molecular flexibility index (Phi) is 2.59. The lowest BCUT2D eigenvalue weighted by molar-refractivity contribution is 0.685. The minimum Gasteiger partial charge on any atom is -0.384 e. The monoisotopic (exact) mass is 227 g/mol. The first-order valence-corrected chi connectivity index (χ1v) is 6.27. The van der Waals surface area contributed by atoms with Crippen molar-refractivity contribution in [3.63, 3.8) is 0 Å². The number of fused-ring (bicyclic) bond motifs is 1. The quantitative estimate of drug-likeness (QED) is 0.873. The van der Waals surface area contributed by atoms with E-state index in [0.29, 0.717) is 0 Å². The SMILES string of the molecule is CCCn1ccnc1-c1cccc2c1CCN2. The second-order valence-corrected chi connectivity index (χ2v) is 4.45. The van der Waals surface area contributed by atoms with Crippen LogP contribution in [0.1, 0.15) is 18.9 Å². The fraction of sp³-hybridized carbons (Fsp3) is 0.357. The van der Waals surface area contributed by atoms with Crippen LogP contribution in [-0.4, -0.2) is 16.1 Å². The fourth-order valence-electron chi connectivity index (χ4n) is 2.53. The van der Waals surface area contributed by atoms with E-state index >= 15 is 0 Å². The summed E-state index contributed by atoms with van der Waals surface area (Å²) in [6.45, 7) is 4.27. The van der Waals surface area contributed by atoms with Crippen LogP contribution in [0.15, 0.2) is 30.6 Å². The highest BCUT2D eigenvalue weighted by molar-refractivity contribution is 5.72. The Morgan fingerprint density at radius 1 is 1.41 bits per heavy atom. The van der Waals surface area contributed by atoms with Crippen LogP contribution in [0, 0.1) is 0 Å². The standard InChI is InChI=1S/C14H17N3/c1-2-9-17-10-8-16-14(17)12-4-3-5-13-11(12)6-7-15-13/h3-5,8,10,15H,2,6-7,9H2,1H3. The van der Waals surface area contributed by atoms with Gasteiger partial charge in [-0.2, -0.15) is 0 Å². The average Bonchev–Trinajstić information content (AvgIpc) is 2.96. The van der Waals surface area contributed by atoms with Gasteiger partial charge in [-0.1, -0.05) is 19.1 Å². The van der Waals surface area contributed by atoms with Gasteiger partial charge in [-0.25, -0.2) is 4.98 Å².